The molecule has 0 radical (unpaired) electrons. The molecule has 0 bridgehead atoms. The van der Waals surface area contributed by atoms with Gasteiger partial charge in [0, 0.05) is 18.2 Å². The summed E-state index contributed by atoms with van der Waals surface area (Å²) in [5.41, 5.74) is 1.38. The number of benzene rings is 1. The zero-order valence-electron chi connectivity index (χ0n) is 11.3. The van der Waals surface area contributed by atoms with E-state index in [2.05, 4.69) is 4.90 Å². The van der Waals surface area contributed by atoms with Crippen molar-refractivity contribution in [3.63, 3.8) is 0 Å². The van der Waals surface area contributed by atoms with Crippen molar-refractivity contribution in [2.24, 2.45) is 5.92 Å². The molecule has 1 N–H and O–H groups in total. The molecule has 104 valence electrons. The predicted octanol–water partition coefficient (Wildman–Crippen LogP) is 3.48. The van der Waals surface area contributed by atoms with Crippen LogP contribution < -0.4 is 4.90 Å². The van der Waals surface area contributed by atoms with E-state index in [0.29, 0.717) is 17.6 Å². The first kappa shape index (κ1) is 12.9. The fourth-order valence-corrected chi connectivity index (χ4v) is 3.91. The molecule has 0 aromatic heterocycles. The van der Waals surface area contributed by atoms with Gasteiger partial charge >= 0.3 is 0 Å². The normalized spacial score (nSPS) is 24.3. The minimum absolute atomic E-state index is 0.0824. The number of nitrogens with zero attached hydrogens (tertiary/aromatic N) is 1. The summed E-state index contributed by atoms with van der Waals surface area (Å²) in [7, 11) is 0. The van der Waals surface area contributed by atoms with Crippen molar-refractivity contribution in [3.8, 4) is 0 Å². The van der Waals surface area contributed by atoms with Gasteiger partial charge in [-0.3, -0.25) is 0 Å². The summed E-state index contributed by atoms with van der Waals surface area (Å²) in [5, 5.41) is 9.46. The van der Waals surface area contributed by atoms with Crippen LogP contribution in [0, 0.1) is 11.7 Å². The third-order valence-electron chi connectivity index (χ3n) is 4.77. The van der Waals surface area contributed by atoms with E-state index >= 15 is 0 Å². The minimum Gasteiger partial charge on any atom is -0.392 e. The van der Waals surface area contributed by atoms with Crippen molar-refractivity contribution in [1.29, 1.82) is 0 Å². The number of hydrogen-bond donors (Lipinski definition) is 1. The van der Waals surface area contributed by atoms with Crippen molar-refractivity contribution in [2.45, 2.75) is 51.2 Å². The van der Waals surface area contributed by atoms with Crippen molar-refractivity contribution in [2.75, 3.05) is 11.4 Å². The Balaban J connectivity index is 1.91. The Morgan fingerprint density at radius 2 is 1.95 bits per heavy atom. The number of rotatable bonds is 3. The second kappa shape index (κ2) is 5.49. The summed E-state index contributed by atoms with van der Waals surface area (Å²) < 4.78 is 14.2. The molecule has 1 aliphatic heterocycles. The van der Waals surface area contributed by atoms with Crippen LogP contribution in [0.1, 0.15) is 44.1 Å². The number of anilines is 1. The maximum atomic E-state index is 14.2. The molecule has 1 aliphatic carbocycles. The van der Waals surface area contributed by atoms with Crippen LogP contribution in [0.5, 0.6) is 0 Å². The highest BCUT2D eigenvalue weighted by Crippen LogP contribution is 2.39. The van der Waals surface area contributed by atoms with E-state index in [1.807, 2.05) is 6.07 Å². The highest BCUT2D eigenvalue weighted by Gasteiger charge is 2.35. The Labute approximate surface area is 114 Å². The molecular weight excluding hydrogens is 241 g/mol. The topological polar surface area (TPSA) is 23.5 Å². The van der Waals surface area contributed by atoms with Gasteiger partial charge in [0.2, 0.25) is 0 Å². The van der Waals surface area contributed by atoms with E-state index < -0.39 is 0 Å². The summed E-state index contributed by atoms with van der Waals surface area (Å²) >= 11 is 0. The van der Waals surface area contributed by atoms with E-state index in [1.54, 1.807) is 6.07 Å². The van der Waals surface area contributed by atoms with Gasteiger partial charge in [-0.05, 0) is 37.7 Å². The van der Waals surface area contributed by atoms with Gasteiger partial charge in [0.1, 0.15) is 5.82 Å². The fraction of sp³-hybridized carbons (Fsp3) is 0.625. The molecule has 2 aliphatic rings. The van der Waals surface area contributed by atoms with Crippen LogP contribution in [-0.2, 0) is 6.61 Å². The highest BCUT2D eigenvalue weighted by atomic mass is 19.1. The lowest BCUT2D eigenvalue weighted by molar-refractivity contribution is 0.281. The zero-order chi connectivity index (χ0) is 13.2. The summed E-state index contributed by atoms with van der Waals surface area (Å²) in [6.45, 7) is 0.843. The Hall–Kier alpha value is -1.09. The third-order valence-corrected chi connectivity index (χ3v) is 4.77. The quantitative estimate of drug-likeness (QED) is 0.902. The lowest BCUT2D eigenvalue weighted by atomic mass is 9.95. The average molecular weight is 263 g/mol. The lowest BCUT2D eigenvalue weighted by Crippen LogP contribution is -2.35. The van der Waals surface area contributed by atoms with E-state index in [-0.39, 0.29) is 12.4 Å². The smallest absolute Gasteiger partial charge is 0.146 e. The van der Waals surface area contributed by atoms with Crippen LogP contribution in [0.2, 0.25) is 0 Å². The number of aliphatic hydroxyl groups excluding tert-OH is 1. The zero-order valence-corrected chi connectivity index (χ0v) is 11.3. The number of hydrogen-bond acceptors (Lipinski definition) is 2. The summed E-state index contributed by atoms with van der Waals surface area (Å²) in [6, 6.07) is 5.51. The van der Waals surface area contributed by atoms with Crippen LogP contribution in [0.25, 0.3) is 0 Å². The minimum atomic E-state index is -0.184. The summed E-state index contributed by atoms with van der Waals surface area (Å²) in [4.78, 5) is 2.23. The summed E-state index contributed by atoms with van der Waals surface area (Å²) in [5.74, 6) is 0.532. The second-order valence-corrected chi connectivity index (χ2v) is 5.85. The van der Waals surface area contributed by atoms with Gasteiger partial charge in [-0.2, -0.15) is 0 Å². The predicted molar refractivity (Wildman–Crippen MR) is 74.6 cm³/mol. The SMILES string of the molecule is OCc1cccc(F)c1N1CCCC1C1CCCC1. The van der Waals surface area contributed by atoms with E-state index in [9.17, 15) is 9.50 Å². The Bertz CT molecular complexity index is 442. The second-order valence-electron chi connectivity index (χ2n) is 5.85. The molecule has 2 nitrogen and oxygen atoms in total. The molecule has 1 aromatic carbocycles. The van der Waals surface area contributed by atoms with Crippen LogP contribution in [0.3, 0.4) is 0 Å². The van der Waals surface area contributed by atoms with Crippen molar-refractivity contribution in [3.05, 3.63) is 29.6 Å². The number of halogens is 1. The number of aliphatic hydroxyl groups is 1. The van der Waals surface area contributed by atoms with Crippen LogP contribution in [-0.4, -0.2) is 17.7 Å². The molecule has 3 rings (SSSR count). The molecule has 1 unspecified atom stereocenters. The molecule has 1 saturated heterocycles. The van der Waals surface area contributed by atoms with E-state index in [1.165, 1.54) is 38.2 Å². The monoisotopic (exact) mass is 263 g/mol. The molecule has 3 heteroatoms. The molecule has 1 heterocycles. The first-order valence-corrected chi connectivity index (χ1v) is 7.46. The molecule has 1 saturated carbocycles. The maximum Gasteiger partial charge on any atom is 0.146 e. The molecule has 19 heavy (non-hydrogen) atoms. The van der Waals surface area contributed by atoms with Gasteiger partial charge in [0.25, 0.3) is 0 Å². The fourth-order valence-electron chi connectivity index (χ4n) is 3.91. The Morgan fingerprint density at radius 1 is 1.16 bits per heavy atom. The van der Waals surface area contributed by atoms with Gasteiger partial charge < -0.3 is 10.0 Å². The summed E-state index contributed by atoms with van der Waals surface area (Å²) in [6.07, 6.45) is 7.51. The largest absolute Gasteiger partial charge is 0.392 e. The van der Waals surface area contributed by atoms with Crippen molar-refractivity contribution >= 4 is 5.69 Å². The van der Waals surface area contributed by atoms with Gasteiger partial charge in [0.15, 0.2) is 0 Å². The first-order valence-electron chi connectivity index (χ1n) is 7.46. The third kappa shape index (κ3) is 2.36. The molecule has 0 spiro atoms. The van der Waals surface area contributed by atoms with E-state index in [4.69, 9.17) is 0 Å². The molecule has 0 amide bonds. The number of para-hydroxylation sites is 1. The van der Waals surface area contributed by atoms with Crippen LogP contribution >= 0.6 is 0 Å². The van der Waals surface area contributed by atoms with Gasteiger partial charge in [0.05, 0.1) is 12.3 Å². The van der Waals surface area contributed by atoms with Crippen LogP contribution in [0.4, 0.5) is 10.1 Å². The van der Waals surface area contributed by atoms with Gasteiger partial charge in [-0.25, -0.2) is 4.39 Å². The Kier molecular flexibility index (Phi) is 3.74. The van der Waals surface area contributed by atoms with E-state index in [0.717, 1.165) is 18.5 Å². The van der Waals surface area contributed by atoms with Crippen molar-refractivity contribution in [1.82, 2.24) is 0 Å². The average Bonchev–Trinajstić information content (AvgIpc) is 3.08. The lowest BCUT2D eigenvalue weighted by Gasteiger charge is -2.32. The standard InChI is InChI=1S/C16H22FNO/c17-14-8-3-7-13(11-19)16(14)18-10-4-9-15(18)12-5-1-2-6-12/h3,7-8,12,15,19H,1-2,4-6,9-11H2. The highest BCUT2D eigenvalue weighted by molar-refractivity contribution is 5.56. The van der Waals surface area contributed by atoms with Gasteiger partial charge in [-0.15, -0.1) is 0 Å². The molecule has 1 aromatic rings. The maximum absolute atomic E-state index is 14.2. The van der Waals surface area contributed by atoms with Gasteiger partial charge in [-0.1, -0.05) is 25.0 Å². The molecular formula is C16H22FNO. The van der Waals surface area contributed by atoms with Crippen molar-refractivity contribution < 1.29 is 9.50 Å². The molecule has 2 fully saturated rings. The first-order chi connectivity index (χ1) is 9.31. The van der Waals surface area contributed by atoms with Crippen LogP contribution in [0.15, 0.2) is 18.2 Å². The molecule has 1 atom stereocenters. The Morgan fingerprint density at radius 3 is 2.68 bits per heavy atom.